The molecule has 7 heteroatoms. The van der Waals surface area contributed by atoms with Crippen molar-refractivity contribution in [3.63, 3.8) is 0 Å². The molecule has 1 aromatic heterocycles. The lowest BCUT2D eigenvalue weighted by molar-refractivity contribution is -0.385. The quantitative estimate of drug-likeness (QED) is 0.410. The average Bonchev–Trinajstić information content (AvgIpc) is 2.33. The molecule has 0 atom stereocenters. The van der Waals surface area contributed by atoms with E-state index in [-0.39, 0.29) is 12.3 Å². The van der Waals surface area contributed by atoms with Gasteiger partial charge in [0, 0.05) is 19.2 Å². The molecule has 1 aromatic rings. The highest BCUT2D eigenvalue weighted by molar-refractivity contribution is 5.44. The third-order valence-electron chi connectivity index (χ3n) is 2.26. The molecule has 0 aliphatic rings. The lowest BCUT2D eigenvalue weighted by Crippen LogP contribution is -2.09. The second-order valence-corrected chi connectivity index (χ2v) is 3.67. The zero-order chi connectivity index (χ0) is 13.4. The topological polar surface area (TPSA) is 97.5 Å². The van der Waals surface area contributed by atoms with Gasteiger partial charge in [-0.2, -0.15) is 0 Å². The second kappa shape index (κ2) is 7.57. The lowest BCUT2D eigenvalue weighted by Gasteiger charge is -2.06. The van der Waals surface area contributed by atoms with Crippen molar-refractivity contribution in [1.29, 1.82) is 0 Å². The number of anilines is 1. The smallest absolute Gasteiger partial charge is 0.290 e. The maximum absolute atomic E-state index is 10.6. The normalized spacial score (nSPS) is 10.3. The Morgan fingerprint density at radius 2 is 2.28 bits per heavy atom. The number of aliphatic hydroxyl groups excluding tert-OH is 1. The number of hydrogen-bond acceptors (Lipinski definition) is 6. The summed E-state index contributed by atoms with van der Waals surface area (Å²) >= 11 is 0. The Hall–Kier alpha value is -1.73. The maximum atomic E-state index is 10.6. The highest BCUT2D eigenvalue weighted by Gasteiger charge is 2.11. The Morgan fingerprint density at radius 1 is 1.50 bits per heavy atom. The van der Waals surface area contributed by atoms with E-state index in [9.17, 15) is 10.1 Å². The van der Waals surface area contributed by atoms with Crippen LogP contribution < -0.4 is 5.32 Å². The monoisotopic (exact) mass is 255 g/mol. The summed E-state index contributed by atoms with van der Waals surface area (Å²) in [6.45, 7) is 3.19. The van der Waals surface area contributed by atoms with E-state index >= 15 is 0 Å². The van der Waals surface area contributed by atoms with E-state index in [4.69, 9.17) is 9.84 Å². The lowest BCUT2D eigenvalue weighted by atomic mass is 10.3. The molecule has 0 saturated heterocycles. The van der Waals surface area contributed by atoms with E-state index in [1.165, 1.54) is 6.07 Å². The first-order chi connectivity index (χ1) is 8.65. The van der Waals surface area contributed by atoms with Gasteiger partial charge in [0.25, 0.3) is 5.69 Å². The molecule has 7 nitrogen and oxygen atoms in total. The van der Waals surface area contributed by atoms with Crippen molar-refractivity contribution in [3.8, 4) is 0 Å². The van der Waals surface area contributed by atoms with E-state index in [0.29, 0.717) is 31.3 Å². The number of aliphatic hydroxyl groups is 1. The SMILES string of the molecule is Cc1nc(NCCCOCCO)ccc1[N+](=O)[O-]. The van der Waals surface area contributed by atoms with Gasteiger partial charge in [0.1, 0.15) is 11.5 Å². The minimum Gasteiger partial charge on any atom is -0.394 e. The predicted molar refractivity (Wildman–Crippen MR) is 66.6 cm³/mol. The van der Waals surface area contributed by atoms with Crippen LogP contribution in [-0.4, -0.2) is 41.4 Å². The molecule has 18 heavy (non-hydrogen) atoms. The van der Waals surface area contributed by atoms with Crippen LogP contribution in [0.3, 0.4) is 0 Å². The Morgan fingerprint density at radius 3 is 2.89 bits per heavy atom. The molecule has 0 radical (unpaired) electrons. The molecule has 0 saturated carbocycles. The molecule has 0 aliphatic carbocycles. The molecular weight excluding hydrogens is 238 g/mol. The molecule has 1 heterocycles. The first-order valence-electron chi connectivity index (χ1n) is 5.69. The Bertz CT molecular complexity index is 398. The number of aryl methyl sites for hydroxylation is 1. The molecule has 0 aliphatic heterocycles. The number of nitrogens with one attached hydrogen (secondary N) is 1. The molecule has 0 spiro atoms. The van der Waals surface area contributed by atoms with E-state index in [1.807, 2.05) is 0 Å². The molecule has 0 fully saturated rings. The maximum Gasteiger partial charge on any atom is 0.290 e. The van der Waals surface area contributed by atoms with Crippen LogP contribution in [0.4, 0.5) is 11.5 Å². The van der Waals surface area contributed by atoms with Gasteiger partial charge in [0.05, 0.1) is 18.1 Å². The zero-order valence-electron chi connectivity index (χ0n) is 10.3. The third kappa shape index (κ3) is 4.64. The Balaban J connectivity index is 2.35. The van der Waals surface area contributed by atoms with Crippen molar-refractivity contribution in [3.05, 3.63) is 27.9 Å². The minimum absolute atomic E-state index is 0.0202. The number of aromatic nitrogens is 1. The summed E-state index contributed by atoms with van der Waals surface area (Å²) in [6, 6.07) is 3.02. The molecule has 0 amide bonds. The summed E-state index contributed by atoms with van der Waals surface area (Å²) in [4.78, 5) is 14.2. The molecule has 0 aromatic carbocycles. The van der Waals surface area contributed by atoms with Gasteiger partial charge in [-0.1, -0.05) is 0 Å². The van der Waals surface area contributed by atoms with Crippen LogP contribution in [0.5, 0.6) is 0 Å². The summed E-state index contributed by atoms with van der Waals surface area (Å²) in [6.07, 6.45) is 0.776. The third-order valence-corrected chi connectivity index (χ3v) is 2.26. The molecule has 2 N–H and O–H groups in total. The van der Waals surface area contributed by atoms with Gasteiger partial charge in [0.15, 0.2) is 0 Å². The van der Waals surface area contributed by atoms with Gasteiger partial charge in [-0.05, 0) is 19.4 Å². The Labute approximate surface area is 105 Å². The Kier molecular flexibility index (Phi) is 6.03. The first kappa shape index (κ1) is 14.3. The molecule has 100 valence electrons. The van der Waals surface area contributed by atoms with Crippen molar-refractivity contribution >= 4 is 11.5 Å². The predicted octanol–water partition coefficient (Wildman–Crippen LogP) is 1.11. The van der Waals surface area contributed by atoms with Crippen LogP contribution in [0.15, 0.2) is 12.1 Å². The van der Waals surface area contributed by atoms with Crippen LogP contribution >= 0.6 is 0 Å². The summed E-state index contributed by atoms with van der Waals surface area (Å²) in [7, 11) is 0. The van der Waals surface area contributed by atoms with Crippen LogP contribution in [-0.2, 0) is 4.74 Å². The van der Waals surface area contributed by atoms with E-state index in [1.54, 1.807) is 13.0 Å². The average molecular weight is 255 g/mol. The number of hydrogen-bond donors (Lipinski definition) is 2. The fourth-order valence-corrected chi connectivity index (χ4v) is 1.40. The van der Waals surface area contributed by atoms with Gasteiger partial charge < -0.3 is 15.2 Å². The standard InChI is InChI=1S/C11H17N3O4/c1-9-10(14(16)17)3-4-11(13-9)12-5-2-7-18-8-6-15/h3-4,15H,2,5-8H2,1H3,(H,12,13). The van der Waals surface area contributed by atoms with Gasteiger partial charge in [-0.3, -0.25) is 10.1 Å². The fraction of sp³-hybridized carbons (Fsp3) is 0.545. The molecular formula is C11H17N3O4. The van der Waals surface area contributed by atoms with Gasteiger partial charge in [-0.25, -0.2) is 4.98 Å². The molecule has 1 rings (SSSR count). The van der Waals surface area contributed by atoms with Gasteiger partial charge >= 0.3 is 0 Å². The number of rotatable bonds is 8. The summed E-state index contributed by atoms with van der Waals surface area (Å²) in [5.74, 6) is 0.611. The van der Waals surface area contributed by atoms with Crippen molar-refractivity contribution in [2.45, 2.75) is 13.3 Å². The van der Waals surface area contributed by atoms with Crippen molar-refractivity contribution < 1.29 is 14.8 Å². The number of nitro groups is 1. The number of nitrogens with zero attached hydrogens (tertiary/aromatic N) is 2. The highest BCUT2D eigenvalue weighted by Crippen LogP contribution is 2.17. The van der Waals surface area contributed by atoms with Gasteiger partial charge in [0.2, 0.25) is 0 Å². The number of ether oxygens (including phenoxy) is 1. The molecule has 0 unspecified atom stereocenters. The van der Waals surface area contributed by atoms with E-state index < -0.39 is 4.92 Å². The van der Waals surface area contributed by atoms with Crippen LogP contribution in [0.2, 0.25) is 0 Å². The fourth-order valence-electron chi connectivity index (χ4n) is 1.40. The van der Waals surface area contributed by atoms with Crippen molar-refractivity contribution in [2.24, 2.45) is 0 Å². The van der Waals surface area contributed by atoms with Crippen LogP contribution in [0, 0.1) is 17.0 Å². The molecule has 0 bridgehead atoms. The zero-order valence-corrected chi connectivity index (χ0v) is 10.3. The highest BCUT2D eigenvalue weighted by atomic mass is 16.6. The van der Waals surface area contributed by atoms with Crippen LogP contribution in [0.1, 0.15) is 12.1 Å². The second-order valence-electron chi connectivity index (χ2n) is 3.67. The summed E-state index contributed by atoms with van der Waals surface area (Å²) in [5, 5.41) is 22.2. The first-order valence-corrected chi connectivity index (χ1v) is 5.69. The van der Waals surface area contributed by atoms with Crippen LogP contribution in [0.25, 0.3) is 0 Å². The van der Waals surface area contributed by atoms with Crippen molar-refractivity contribution in [1.82, 2.24) is 4.98 Å². The summed E-state index contributed by atoms with van der Waals surface area (Å²) in [5.41, 5.74) is 0.411. The minimum atomic E-state index is -0.450. The van der Waals surface area contributed by atoms with Gasteiger partial charge in [-0.15, -0.1) is 0 Å². The van der Waals surface area contributed by atoms with E-state index in [2.05, 4.69) is 10.3 Å². The largest absolute Gasteiger partial charge is 0.394 e. The summed E-state index contributed by atoms with van der Waals surface area (Å²) < 4.78 is 5.10. The number of pyridine rings is 1. The van der Waals surface area contributed by atoms with Crippen molar-refractivity contribution in [2.75, 3.05) is 31.7 Å². The van der Waals surface area contributed by atoms with E-state index in [0.717, 1.165) is 6.42 Å².